The fraction of sp³-hybridized carbons (Fsp3) is 0.818. The van der Waals surface area contributed by atoms with Crippen LogP contribution in [0.1, 0.15) is 44.1 Å². The van der Waals surface area contributed by atoms with Crippen molar-refractivity contribution < 1.29 is 5.11 Å². The van der Waals surface area contributed by atoms with E-state index in [2.05, 4.69) is 10.3 Å². The number of nitrogens with zero attached hydrogens (tertiary/aromatic N) is 3. The van der Waals surface area contributed by atoms with Gasteiger partial charge in [-0.15, -0.1) is 5.10 Å². The minimum Gasteiger partial charge on any atom is -0.391 e. The second kappa shape index (κ2) is 4.51. The molecule has 16 heavy (non-hydrogen) atoms. The van der Waals surface area contributed by atoms with Crippen molar-refractivity contribution in [1.82, 2.24) is 15.0 Å². The van der Waals surface area contributed by atoms with Gasteiger partial charge in [0.25, 0.3) is 0 Å². The van der Waals surface area contributed by atoms with Crippen LogP contribution in [0.15, 0.2) is 0 Å². The number of aromatic nitrogens is 3. The molecule has 1 saturated carbocycles. The molecule has 0 saturated heterocycles. The van der Waals surface area contributed by atoms with E-state index in [1.807, 2.05) is 11.6 Å². The Balaban J connectivity index is 2.24. The minimum atomic E-state index is -0.426. The van der Waals surface area contributed by atoms with Gasteiger partial charge in [0.05, 0.1) is 23.5 Å². The van der Waals surface area contributed by atoms with Crippen LogP contribution < -0.4 is 5.73 Å². The van der Waals surface area contributed by atoms with E-state index >= 15 is 0 Å². The Labute approximate surface area is 95.6 Å². The summed E-state index contributed by atoms with van der Waals surface area (Å²) in [7, 11) is 0. The Morgan fingerprint density at radius 2 is 2.19 bits per heavy atom. The second-order valence-corrected chi connectivity index (χ2v) is 4.76. The van der Waals surface area contributed by atoms with Crippen LogP contribution in [0, 0.1) is 5.92 Å². The molecule has 1 aromatic heterocycles. The first-order valence-electron chi connectivity index (χ1n) is 5.94. The Bertz CT molecular complexity index is 357. The van der Waals surface area contributed by atoms with Gasteiger partial charge < -0.3 is 10.8 Å². The SMILES string of the molecule is CC(O)C(C)n1nnc(CN)c1CC1CC1. The summed E-state index contributed by atoms with van der Waals surface area (Å²) >= 11 is 0. The average molecular weight is 224 g/mol. The van der Waals surface area contributed by atoms with Crippen LogP contribution in [-0.4, -0.2) is 26.2 Å². The van der Waals surface area contributed by atoms with E-state index in [1.165, 1.54) is 12.8 Å². The molecule has 5 nitrogen and oxygen atoms in total. The maximum Gasteiger partial charge on any atom is 0.0994 e. The highest BCUT2D eigenvalue weighted by atomic mass is 16.3. The van der Waals surface area contributed by atoms with Crippen molar-refractivity contribution in [2.45, 2.75) is 51.8 Å². The van der Waals surface area contributed by atoms with Gasteiger partial charge >= 0.3 is 0 Å². The van der Waals surface area contributed by atoms with Crippen LogP contribution in [0.25, 0.3) is 0 Å². The highest BCUT2D eigenvalue weighted by molar-refractivity contribution is 5.13. The van der Waals surface area contributed by atoms with Crippen molar-refractivity contribution in [2.24, 2.45) is 11.7 Å². The first-order chi connectivity index (χ1) is 7.63. The number of hydrogen-bond acceptors (Lipinski definition) is 4. The van der Waals surface area contributed by atoms with E-state index in [0.717, 1.165) is 23.7 Å². The summed E-state index contributed by atoms with van der Waals surface area (Å²) in [6, 6.07) is -0.0402. The molecule has 90 valence electrons. The molecule has 1 aliphatic carbocycles. The van der Waals surface area contributed by atoms with Gasteiger partial charge in [0.2, 0.25) is 0 Å². The third-order valence-corrected chi connectivity index (χ3v) is 3.33. The largest absolute Gasteiger partial charge is 0.391 e. The van der Waals surface area contributed by atoms with Crippen LogP contribution in [0.5, 0.6) is 0 Å². The van der Waals surface area contributed by atoms with Gasteiger partial charge in [0.15, 0.2) is 0 Å². The van der Waals surface area contributed by atoms with Crippen molar-refractivity contribution in [1.29, 1.82) is 0 Å². The maximum absolute atomic E-state index is 9.61. The Morgan fingerprint density at radius 3 is 2.69 bits per heavy atom. The van der Waals surface area contributed by atoms with Gasteiger partial charge in [-0.2, -0.15) is 0 Å². The van der Waals surface area contributed by atoms with Gasteiger partial charge in [-0.3, -0.25) is 0 Å². The lowest BCUT2D eigenvalue weighted by Crippen LogP contribution is -2.22. The van der Waals surface area contributed by atoms with Crippen LogP contribution in [-0.2, 0) is 13.0 Å². The molecule has 2 atom stereocenters. The quantitative estimate of drug-likeness (QED) is 0.769. The normalized spacial score (nSPS) is 19.8. The molecule has 0 amide bonds. The third-order valence-electron chi connectivity index (χ3n) is 3.33. The third kappa shape index (κ3) is 2.25. The fourth-order valence-corrected chi connectivity index (χ4v) is 1.84. The molecular weight excluding hydrogens is 204 g/mol. The summed E-state index contributed by atoms with van der Waals surface area (Å²) < 4.78 is 1.84. The molecule has 0 radical (unpaired) electrons. The number of aliphatic hydroxyl groups excluding tert-OH is 1. The lowest BCUT2D eigenvalue weighted by Gasteiger charge is -2.17. The molecule has 2 rings (SSSR count). The Morgan fingerprint density at radius 1 is 1.50 bits per heavy atom. The molecule has 3 N–H and O–H groups in total. The van der Waals surface area contributed by atoms with E-state index in [0.29, 0.717) is 6.54 Å². The zero-order valence-corrected chi connectivity index (χ0v) is 9.93. The molecule has 0 bridgehead atoms. The van der Waals surface area contributed by atoms with E-state index in [9.17, 15) is 5.11 Å². The Hall–Kier alpha value is -0.940. The fourth-order valence-electron chi connectivity index (χ4n) is 1.84. The van der Waals surface area contributed by atoms with E-state index in [1.54, 1.807) is 6.92 Å². The molecule has 5 heteroatoms. The number of nitrogens with two attached hydrogens (primary N) is 1. The molecule has 1 aliphatic rings. The van der Waals surface area contributed by atoms with Crippen LogP contribution in [0.4, 0.5) is 0 Å². The highest BCUT2D eigenvalue weighted by Crippen LogP contribution is 2.33. The molecule has 0 aromatic carbocycles. The van der Waals surface area contributed by atoms with Crippen molar-refractivity contribution in [3.8, 4) is 0 Å². The predicted octanol–water partition coefficient (Wildman–Crippen LogP) is 0.631. The molecule has 0 aliphatic heterocycles. The standard InChI is InChI=1S/C11H20N4O/c1-7(8(2)16)15-11(5-9-3-4-9)10(6-12)13-14-15/h7-9,16H,3-6,12H2,1-2H3. The molecule has 1 fully saturated rings. The topological polar surface area (TPSA) is 77.0 Å². The summed E-state index contributed by atoms with van der Waals surface area (Å²) in [4.78, 5) is 0. The average Bonchev–Trinajstić information content (AvgIpc) is 2.97. The van der Waals surface area contributed by atoms with Gasteiger partial charge in [-0.05, 0) is 39.0 Å². The van der Waals surface area contributed by atoms with E-state index in [-0.39, 0.29) is 6.04 Å². The van der Waals surface area contributed by atoms with Crippen LogP contribution in [0.3, 0.4) is 0 Å². The zero-order valence-electron chi connectivity index (χ0n) is 9.93. The summed E-state index contributed by atoms with van der Waals surface area (Å²) in [5, 5.41) is 17.8. The van der Waals surface area contributed by atoms with Gasteiger partial charge in [0.1, 0.15) is 0 Å². The summed E-state index contributed by atoms with van der Waals surface area (Å²) in [6.45, 7) is 4.15. The summed E-state index contributed by atoms with van der Waals surface area (Å²) in [5.41, 5.74) is 7.64. The van der Waals surface area contributed by atoms with Gasteiger partial charge in [-0.25, -0.2) is 4.68 Å². The van der Waals surface area contributed by atoms with Crippen LogP contribution in [0.2, 0.25) is 0 Å². The summed E-state index contributed by atoms with van der Waals surface area (Å²) in [6.07, 6.45) is 3.15. The molecule has 1 heterocycles. The minimum absolute atomic E-state index is 0.0402. The first-order valence-corrected chi connectivity index (χ1v) is 5.94. The molecule has 0 spiro atoms. The monoisotopic (exact) mass is 224 g/mol. The first kappa shape index (κ1) is 11.5. The van der Waals surface area contributed by atoms with Gasteiger partial charge in [0, 0.05) is 6.54 Å². The van der Waals surface area contributed by atoms with Crippen LogP contribution >= 0.6 is 0 Å². The van der Waals surface area contributed by atoms with Gasteiger partial charge in [-0.1, -0.05) is 5.21 Å². The maximum atomic E-state index is 9.61. The van der Waals surface area contributed by atoms with Crippen molar-refractivity contribution in [2.75, 3.05) is 0 Å². The van der Waals surface area contributed by atoms with Crippen molar-refractivity contribution in [3.05, 3.63) is 11.4 Å². The molecular formula is C11H20N4O. The molecule has 2 unspecified atom stereocenters. The summed E-state index contributed by atoms with van der Waals surface area (Å²) in [5.74, 6) is 0.767. The highest BCUT2D eigenvalue weighted by Gasteiger charge is 2.27. The Kier molecular flexibility index (Phi) is 3.25. The smallest absolute Gasteiger partial charge is 0.0994 e. The van der Waals surface area contributed by atoms with Crippen molar-refractivity contribution in [3.63, 3.8) is 0 Å². The second-order valence-electron chi connectivity index (χ2n) is 4.76. The number of rotatable bonds is 5. The molecule has 1 aromatic rings. The number of hydrogen-bond donors (Lipinski definition) is 2. The number of aliphatic hydroxyl groups is 1. The predicted molar refractivity (Wildman–Crippen MR) is 60.7 cm³/mol. The lowest BCUT2D eigenvalue weighted by atomic mass is 10.1. The van der Waals surface area contributed by atoms with Crippen molar-refractivity contribution >= 4 is 0 Å². The zero-order chi connectivity index (χ0) is 11.7. The van der Waals surface area contributed by atoms with E-state index < -0.39 is 6.10 Å². The van der Waals surface area contributed by atoms with E-state index in [4.69, 9.17) is 5.73 Å². The lowest BCUT2D eigenvalue weighted by molar-refractivity contribution is 0.129.